The molecule has 1 atom stereocenters. The van der Waals surface area contributed by atoms with Gasteiger partial charge in [0.2, 0.25) is 12.7 Å². The molecule has 1 N–H and O–H groups in total. The molecule has 0 radical (unpaired) electrons. The van der Waals surface area contributed by atoms with Gasteiger partial charge in [0.25, 0.3) is 5.91 Å². The third kappa shape index (κ3) is 3.90. The smallest absolute Gasteiger partial charge is 0.273 e. The number of carbonyl (C=O) groups excluding carboxylic acids is 1. The highest BCUT2D eigenvalue weighted by Gasteiger charge is 2.17. The van der Waals surface area contributed by atoms with Crippen LogP contribution in [-0.2, 0) is 6.61 Å². The van der Waals surface area contributed by atoms with Crippen LogP contribution >= 0.6 is 0 Å². The van der Waals surface area contributed by atoms with Gasteiger partial charge >= 0.3 is 0 Å². The average Bonchev–Trinajstić information content (AvgIpc) is 3.35. The molecule has 28 heavy (non-hydrogen) atoms. The topological polar surface area (TPSA) is 82.8 Å². The first-order chi connectivity index (χ1) is 13.6. The number of amides is 1. The second-order valence-electron chi connectivity index (χ2n) is 6.18. The zero-order chi connectivity index (χ0) is 19.5. The SMILES string of the molecule is C[C@H](NC(=O)c1coc(COc2ccc3c(c2)OCO3)n1)c1ccc(F)cc1. The van der Waals surface area contributed by atoms with Crippen molar-refractivity contribution in [3.8, 4) is 17.2 Å². The van der Waals surface area contributed by atoms with Crippen molar-refractivity contribution in [1.29, 1.82) is 0 Å². The molecule has 1 aliphatic heterocycles. The summed E-state index contributed by atoms with van der Waals surface area (Å²) in [4.78, 5) is 16.5. The van der Waals surface area contributed by atoms with Crippen molar-refractivity contribution in [2.75, 3.05) is 6.79 Å². The van der Waals surface area contributed by atoms with E-state index in [0.29, 0.717) is 17.2 Å². The number of nitrogens with one attached hydrogen (secondary N) is 1. The van der Waals surface area contributed by atoms with Crippen molar-refractivity contribution >= 4 is 5.91 Å². The maximum atomic E-state index is 13.0. The van der Waals surface area contributed by atoms with Crippen LogP contribution in [-0.4, -0.2) is 17.7 Å². The third-order valence-corrected chi connectivity index (χ3v) is 4.21. The maximum absolute atomic E-state index is 13.0. The Bertz CT molecular complexity index is 987. The lowest BCUT2D eigenvalue weighted by atomic mass is 10.1. The summed E-state index contributed by atoms with van der Waals surface area (Å²) in [6.45, 7) is 2.04. The van der Waals surface area contributed by atoms with Crippen LogP contribution < -0.4 is 19.5 Å². The van der Waals surface area contributed by atoms with E-state index in [1.807, 2.05) is 0 Å². The molecular formula is C20H17FN2O5. The fraction of sp³-hybridized carbons (Fsp3) is 0.200. The molecule has 0 bridgehead atoms. The molecular weight excluding hydrogens is 367 g/mol. The van der Waals surface area contributed by atoms with E-state index in [0.717, 1.165) is 5.56 Å². The average molecular weight is 384 g/mol. The summed E-state index contributed by atoms with van der Waals surface area (Å²) in [6, 6.07) is 10.8. The van der Waals surface area contributed by atoms with Crippen LogP contribution in [0.25, 0.3) is 0 Å². The minimum atomic E-state index is -0.394. The first-order valence-corrected chi connectivity index (χ1v) is 8.61. The predicted octanol–water partition coefficient (Wildman–Crippen LogP) is 3.61. The van der Waals surface area contributed by atoms with Gasteiger partial charge in [-0.05, 0) is 36.8 Å². The van der Waals surface area contributed by atoms with E-state index in [1.54, 1.807) is 37.3 Å². The number of benzene rings is 2. The van der Waals surface area contributed by atoms with Crippen LogP contribution in [0.3, 0.4) is 0 Å². The minimum absolute atomic E-state index is 0.0560. The van der Waals surface area contributed by atoms with Crippen molar-refractivity contribution in [2.45, 2.75) is 19.6 Å². The number of halogens is 1. The van der Waals surface area contributed by atoms with Crippen molar-refractivity contribution in [1.82, 2.24) is 10.3 Å². The molecule has 3 aromatic rings. The summed E-state index contributed by atoms with van der Waals surface area (Å²) >= 11 is 0. The summed E-state index contributed by atoms with van der Waals surface area (Å²) in [5.74, 6) is 1.38. The van der Waals surface area contributed by atoms with Gasteiger partial charge in [0, 0.05) is 6.07 Å². The van der Waals surface area contributed by atoms with Crippen LogP contribution in [0, 0.1) is 5.82 Å². The van der Waals surface area contributed by atoms with E-state index >= 15 is 0 Å². The Balaban J connectivity index is 1.34. The highest BCUT2D eigenvalue weighted by molar-refractivity contribution is 5.92. The van der Waals surface area contributed by atoms with Crippen molar-refractivity contribution in [3.63, 3.8) is 0 Å². The standard InChI is InChI=1S/C20H17FN2O5/c1-12(13-2-4-14(21)5-3-13)22-20(24)16-9-26-19(23-16)10-25-15-6-7-17-18(8-15)28-11-27-17/h2-9,12H,10-11H2,1H3,(H,22,24)/t12-/m0/s1. The first kappa shape index (κ1) is 17.8. The largest absolute Gasteiger partial charge is 0.484 e. The van der Waals surface area contributed by atoms with Crippen molar-refractivity contribution in [3.05, 3.63) is 71.7 Å². The number of oxazole rings is 1. The summed E-state index contributed by atoms with van der Waals surface area (Å²) in [6.07, 6.45) is 1.27. The lowest BCUT2D eigenvalue weighted by Gasteiger charge is -2.13. The predicted molar refractivity (Wildman–Crippen MR) is 95.7 cm³/mol. The van der Waals surface area contributed by atoms with E-state index in [2.05, 4.69) is 10.3 Å². The van der Waals surface area contributed by atoms with E-state index in [1.165, 1.54) is 18.4 Å². The zero-order valence-corrected chi connectivity index (χ0v) is 15.0. The Hall–Kier alpha value is -3.55. The van der Waals surface area contributed by atoms with Crippen LogP contribution in [0.2, 0.25) is 0 Å². The zero-order valence-electron chi connectivity index (χ0n) is 15.0. The fourth-order valence-electron chi connectivity index (χ4n) is 2.70. The highest BCUT2D eigenvalue weighted by Crippen LogP contribution is 2.35. The Labute approximate surface area is 160 Å². The molecule has 0 unspecified atom stereocenters. The highest BCUT2D eigenvalue weighted by atomic mass is 19.1. The minimum Gasteiger partial charge on any atom is -0.484 e. The van der Waals surface area contributed by atoms with E-state index in [4.69, 9.17) is 18.6 Å². The van der Waals surface area contributed by atoms with Crippen LogP contribution in [0.5, 0.6) is 17.2 Å². The Kier molecular flexibility index (Phi) is 4.84. The molecule has 1 aliphatic rings. The number of fused-ring (bicyclic) bond motifs is 1. The summed E-state index contributed by atoms with van der Waals surface area (Å²) in [7, 11) is 0. The molecule has 4 rings (SSSR count). The molecule has 0 aliphatic carbocycles. The molecule has 2 aromatic carbocycles. The van der Waals surface area contributed by atoms with Gasteiger partial charge in [0.05, 0.1) is 6.04 Å². The van der Waals surface area contributed by atoms with Gasteiger partial charge < -0.3 is 23.9 Å². The second-order valence-corrected chi connectivity index (χ2v) is 6.18. The van der Waals surface area contributed by atoms with E-state index in [9.17, 15) is 9.18 Å². The number of rotatable bonds is 6. The fourth-order valence-corrected chi connectivity index (χ4v) is 2.70. The molecule has 0 saturated carbocycles. The van der Waals surface area contributed by atoms with E-state index in [-0.39, 0.29) is 36.8 Å². The molecule has 2 heterocycles. The molecule has 0 spiro atoms. The van der Waals surface area contributed by atoms with Crippen LogP contribution in [0.1, 0.15) is 34.9 Å². The lowest BCUT2D eigenvalue weighted by molar-refractivity contribution is 0.0934. The van der Waals surface area contributed by atoms with Crippen molar-refractivity contribution < 1.29 is 27.8 Å². The van der Waals surface area contributed by atoms with Gasteiger partial charge in [-0.2, -0.15) is 0 Å². The van der Waals surface area contributed by atoms with Gasteiger partial charge in [0.1, 0.15) is 17.8 Å². The molecule has 7 nitrogen and oxygen atoms in total. The number of ether oxygens (including phenoxy) is 3. The Morgan fingerprint density at radius 1 is 1.21 bits per heavy atom. The summed E-state index contributed by atoms with van der Waals surface area (Å²) in [5, 5.41) is 2.79. The summed E-state index contributed by atoms with van der Waals surface area (Å²) < 4.78 is 34.5. The van der Waals surface area contributed by atoms with Gasteiger partial charge in [-0.15, -0.1) is 0 Å². The maximum Gasteiger partial charge on any atom is 0.273 e. The molecule has 0 fully saturated rings. The van der Waals surface area contributed by atoms with Crippen LogP contribution in [0.4, 0.5) is 4.39 Å². The van der Waals surface area contributed by atoms with Gasteiger partial charge in [0.15, 0.2) is 23.8 Å². The summed E-state index contributed by atoms with van der Waals surface area (Å²) in [5.41, 5.74) is 0.919. The Morgan fingerprint density at radius 2 is 2.00 bits per heavy atom. The third-order valence-electron chi connectivity index (χ3n) is 4.21. The second kappa shape index (κ2) is 7.59. The molecule has 8 heteroatoms. The number of aromatic nitrogens is 1. The Morgan fingerprint density at radius 3 is 2.82 bits per heavy atom. The van der Waals surface area contributed by atoms with E-state index < -0.39 is 5.91 Å². The molecule has 144 valence electrons. The first-order valence-electron chi connectivity index (χ1n) is 8.61. The monoisotopic (exact) mass is 384 g/mol. The van der Waals surface area contributed by atoms with Gasteiger partial charge in [-0.1, -0.05) is 12.1 Å². The number of hydrogen-bond donors (Lipinski definition) is 1. The molecule has 1 amide bonds. The number of carbonyl (C=O) groups is 1. The molecule has 0 saturated heterocycles. The quantitative estimate of drug-likeness (QED) is 0.699. The lowest BCUT2D eigenvalue weighted by Crippen LogP contribution is -2.27. The van der Waals surface area contributed by atoms with Gasteiger partial charge in [-0.25, -0.2) is 9.37 Å². The molecule has 1 aromatic heterocycles. The van der Waals surface area contributed by atoms with Crippen LogP contribution in [0.15, 0.2) is 53.1 Å². The van der Waals surface area contributed by atoms with Gasteiger partial charge in [-0.3, -0.25) is 4.79 Å². The van der Waals surface area contributed by atoms with Crippen molar-refractivity contribution in [2.24, 2.45) is 0 Å². The number of hydrogen-bond acceptors (Lipinski definition) is 6. The number of nitrogens with zero attached hydrogens (tertiary/aromatic N) is 1. The normalized spacial score (nSPS) is 13.2.